The number of benzene rings is 1. The van der Waals surface area contributed by atoms with E-state index in [0.717, 1.165) is 23.5 Å². The molecule has 0 saturated heterocycles. The maximum absolute atomic E-state index is 12.8. The lowest BCUT2D eigenvalue weighted by Crippen LogP contribution is -2.26. The number of aromatic nitrogens is 2. The lowest BCUT2D eigenvalue weighted by atomic mass is 10.1. The molecule has 0 radical (unpaired) electrons. The maximum Gasteiger partial charge on any atom is 0.416 e. The van der Waals surface area contributed by atoms with Crippen molar-refractivity contribution < 1.29 is 18.0 Å². The highest BCUT2D eigenvalue weighted by Gasteiger charge is 2.30. The van der Waals surface area contributed by atoms with Gasteiger partial charge in [0.05, 0.1) is 22.2 Å². The Morgan fingerprint density at radius 3 is 2.48 bits per heavy atom. The van der Waals surface area contributed by atoms with Gasteiger partial charge in [0, 0.05) is 20.6 Å². The average Bonchev–Trinajstić information content (AvgIpc) is 2.94. The molecule has 1 amide bonds. The molecule has 5 nitrogen and oxygen atoms in total. The molecule has 0 saturated carbocycles. The Kier molecular flexibility index (Phi) is 4.81. The number of carbonyl (C=O) groups excluding carboxylic acids is 1. The molecule has 27 heavy (non-hydrogen) atoms. The molecule has 9 heteroatoms. The van der Waals surface area contributed by atoms with Crippen LogP contribution in [0.25, 0.3) is 10.2 Å². The Morgan fingerprint density at radius 2 is 1.89 bits per heavy atom. The Balaban J connectivity index is 1.86. The van der Waals surface area contributed by atoms with Crippen LogP contribution in [0.2, 0.25) is 0 Å². The van der Waals surface area contributed by atoms with Gasteiger partial charge >= 0.3 is 6.18 Å². The number of fused-ring (bicyclic) bond motifs is 1. The minimum atomic E-state index is -4.40. The summed E-state index contributed by atoms with van der Waals surface area (Å²) in [6.45, 7) is 1.84. The van der Waals surface area contributed by atoms with E-state index in [4.69, 9.17) is 0 Å². The van der Waals surface area contributed by atoms with Crippen LogP contribution < -0.4 is 5.56 Å². The highest BCUT2D eigenvalue weighted by Crippen LogP contribution is 2.30. The number of thiophene rings is 1. The molecular weight excluding hydrogens is 379 g/mol. The first-order valence-electron chi connectivity index (χ1n) is 7.96. The van der Waals surface area contributed by atoms with Crippen molar-refractivity contribution in [2.75, 3.05) is 7.05 Å². The lowest BCUT2D eigenvalue weighted by molar-refractivity contribution is -0.137. The van der Waals surface area contributed by atoms with Gasteiger partial charge in [0.25, 0.3) is 11.5 Å². The number of aryl methyl sites for hydroxylation is 2. The molecule has 0 aliphatic heterocycles. The minimum Gasteiger partial charge on any atom is -0.337 e. The first kappa shape index (κ1) is 19.1. The second-order valence-electron chi connectivity index (χ2n) is 6.25. The fourth-order valence-electron chi connectivity index (χ4n) is 2.73. The normalized spacial score (nSPS) is 11.8. The SMILES string of the molecule is Cc1c(C(=O)N(C)Cc2ccc(C(F)(F)F)cc2)sc2ncn(C)c(=O)c12. The summed E-state index contributed by atoms with van der Waals surface area (Å²) in [5, 5.41) is 0.413. The minimum absolute atomic E-state index is 0.149. The summed E-state index contributed by atoms with van der Waals surface area (Å²) in [5.41, 5.74) is 0.181. The van der Waals surface area contributed by atoms with Crippen LogP contribution in [0.15, 0.2) is 35.4 Å². The van der Waals surface area contributed by atoms with Crippen molar-refractivity contribution in [1.29, 1.82) is 0 Å². The third kappa shape index (κ3) is 3.59. The first-order chi connectivity index (χ1) is 12.6. The fourth-order valence-corrected chi connectivity index (χ4v) is 3.86. The van der Waals surface area contributed by atoms with Gasteiger partial charge in [-0.1, -0.05) is 12.1 Å². The molecule has 2 aromatic heterocycles. The number of hydrogen-bond acceptors (Lipinski definition) is 4. The largest absolute Gasteiger partial charge is 0.416 e. The van der Waals surface area contributed by atoms with E-state index in [0.29, 0.717) is 26.2 Å². The van der Waals surface area contributed by atoms with E-state index < -0.39 is 11.7 Å². The zero-order chi connectivity index (χ0) is 19.9. The summed E-state index contributed by atoms with van der Waals surface area (Å²) in [4.78, 5) is 31.5. The number of hydrogen-bond donors (Lipinski definition) is 0. The Hall–Kier alpha value is -2.68. The monoisotopic (exact) mass is 395 g/mol. The summed E-state index contributed by atoms with van der Waals surface area (Å²) in [7, 11) is 3.15. The van der Waals surface area contributed by atoms with Crippen molar-refractivity contribution in [2.24, 2.45) is 7.05 Å². The van der Waals surface area contributed by atoms with Crippen molar-refractivity contribution in [3.05, 3.63) is 62.5 Å². The number of rotatable bonds is 3. The van der Waals surface area contributed by atoms with Crippen LogP contribution in [0.4, 0.5) is 13.2 Å². The maximum atomic E-state index is 12.8. The van der Waals surface area contributed by atoms with Crippen LogP contribution in [0.5, 0.6) is 0 Å². The second kappa shape index (κ2) is 6.80. The van der Waals surface area contributed by atoms with Gasteiger partial charge in [-0.3, -0.25) is 9.59 Å². The van der Waals surface area contributed by atoms with Gasteiger partial charge in [0.2, 0.25) is 0 Å². The third-order valence-corrected chi connectivity index (χ3v) is 5.44. The fraction of sp³-hybridized carbons (Fsp3) is 0.278. The molecule has 0 aliphatic rings. The van der Waals surface area contributed by atoms with Gasteiger partial charge in [-0.05, 0) is 30.2 Å². The van der Waals surface area contributed by atoms with Crippen LogP contribution in [0.3, 0.4) is 0 Å². The zero-order valence-corrected chi connectivity index (χ0v) is 15.6. The van der Waals surface area contributed by atoms with Crippen molar-refractivity contribution in [1.82, 2.24) is 14.5 Å². The summed E-state index contributed by atoms with van der Waals surface area (Å²) in [5.74, 6) is -0.308. The second-order valence-corrected chi connectivity index (χ2v) is 7.25. The van der Waals surface area contributed by atoms with Crippen molar-refractivity contribution in [2.45, 2.75) is 19.6 Å². The summed E-state index contributed by atoms with van der Waals surface area (Å²) >= 11 is 1.14. The number of halogens is 3. The number of nitrogens with zero attached hydrogens (tertiary/aromatic N) is 3. The summed E-state index contributed by atoms with van der Waals surface area (Å²) in [6.07, 6.45) is -2.99. The highest BCUT2D eigenvalue weighted by molar-refractivity contribution is 7.20. The smallest absolute Gasteiger partial charge is 0.337 e. The standard InChI is InChI=1S/C18H16F3N3O2S/c1-10-13-15(22-9-24(3)16(13)25)27-14(10)17(26)23(2)8-11-4-6-12(7-5-11)18(19,20)21/h4-7,9H,8H2,1-3H3. The van der Waals surface area contributed by atoms with Crippen LogP contribution in [0, 0.1) is 6.92 Å². The van der Waals surface area contributed by atoms with Gasteiger partial charge in [0.1, 0.15) is 4.83 Å². The van der Waals surface area contributed by atoms with E-state index in [1.807, 2.05) is 0 Å². The van der Waals surface area contributed by atoms with Gasteiger partial charge < -0.3 is 9.47 Å². The van der Waals surface area contributed by atoms with E-state index >= 15 is 0 Å². The van der Waals surface area contributed by atoms with Gasteiger partial charge in [-0.15, -0.1) is 11.3 Å². The molecule has 0 unspecified atom stereocenters. The predicted octanol–water partition coefficient (Wildman–Crippen LogP) is 3.59. The van der Waals surface area contributed by atoms with Gasteiger partial charge in [0.15, 0.2) is 0 Å². The number of carbonyl (C=O) groups is 1. The summed E-state index contributed by atoms with van der Waals surface area (Å²) < 4.78 is 39.3. The summed E-state index contributed by atoms with van der Waals surface area (Å²) in [6, 6.07) is 4.68. The Labute approximate surface area is 156 Å². The van der Waals surface area contributed by atoms with E-state index in [1.165, 1.54) is 27.9 Å². The molecule has 3 aromatic rings. The molecule has 0 fully saturated rings. The van der Waals surface area contributed by atoms with Crippen molar-refractivity contribution in [3.8, 4) is 0 Å². The number of amides is 1. The quantitative estimate of drug-likeness (QED) is 0.681. The topological polar surface area (TPSA) is 55.2 Å². The molecule has 0 aliphatic carbocycles. The lowest BCUT2D eigenvalue weighted by Gasteiger charge is -2.17. The van der Waals surface area contributed by atoms with E-state index in [1.54, 1.807) is 21.0 Å². The van der Waals surface area contributed by atoms with Crippen molar-refractivity contribution in [3.63, 3.8) is 0 Å². The van der Waals surface area contributed by atoms with Crippen LogP contribution in [-0.2, 0) is 19.8 Å². The van der Waals surface area contributed by atoms with Gasteiger partial charge in [-0.25, -0.2) is 4.98 Å². The molecule has 3 rings (SSSR count). The molecule has 0 spiro atoms. The first-order valence-corrected chi connectivity index (χ1v) is 8.77. The van der Waals surface area contributed by atoms with E-state index in [-0.39, 0.29) is 18.0 Å². The Morgan fingerprint density at radius 1 is 1.26 bits per heavy atom. The van der Waals surface area contributed by atoms with Crippen LogP contribution in [-0.4, -0.2) is 27.4 Å². The molecule has 1 aromatic carbocycles. The molecular formula is C18H16F3N3O2S. The molecule has 0 bridgehead atoms. The zero-order valence-electron chi connectivity index (χ0n) is 14.8. The average molecular weight is 395 g/mol. The molecule has 0 N–H and O–H groups in total. The van der Waals surface area contributed by atoms with Crippen LogP contribution >= 0.6 is 11.3 Å². The number of alkyl halides is 3. The predicted molar refractivity (Wildman–Crippen MR) is 96.8 cm³/mol. The third-order valence-electron chi connectivity index (χ3n) is 4.25. The van der Waals surface area contributed by atoms with E-state index in [2.05, 4.69) is 4.98 Å². The molecule has 2 heterocycles. The van der Waals surface area contributed by atoms with E-state index in [9.17, 15) is 22.8 Å². The van der Waals surface area contributed by atoms with Crippen molar-refractivity contribution >= 4 is 27.5 Å². The Bertz CT molecular complexity index is 1070. The van der Waals surface area contributed by atoms with Crippen LogP contribution in [0.1, 0.15) is 26.4 Å². The van der Waals surface area contributed by atoms with Gasteiger partial charge in [-0.2, -0.15) is 13.2 Å². The highest BCUT2D eigenvalue weighted by atomic mass is 32.1. The molecule has 142 valence electrons. The molecule has 0 atom stereocenters.